The van der Waals surface area contributed by atoms with Crippen LogP contribution in [0.25, 0.3) is 0 Å². The summed E-state index contributed by atoms with van der Waals surface area (Å²) in [4.78, 5) is 3.97. The number of fused-ring (bicyclic) bond motifs is 1. The maximum absolute atomic E-state index is 12.8. The Morgan fingerprint density at radius 1 is 1.10 bits per heavy atom. The zero-order valence-electron chi connectivity index (χ0n) is 11.6. The van der Waals surface area contributed by atoms with E-state index in [2.05, 4.69) is 11.1 Å². The van der Waals surface area contributed by atoms with Gasteiger partial charge in [0.05, 0.1) is 0 Å². The predicted molar refractivity (Wildman–Crippen MR) is 81.0 cm³/mol. The predicted octanol–water partition coefficient (Wildman–Crippen LogP) is 1.80. The molecule has 0 bridgehead atoms. The molecule has 0 saturated carbocycles. The number of nitrogen functional groups attached to an aromatic ring is 1. The molecule has 0 atom stereocenters. The Morgan fingerprint density at radius 2 is 1.86 bits per heavy atom. The van der Waals surface area contributed by atoms with Crippen LogP contribution >= 0.6 is 0 Å². The lowest BCUT2D eigenvalue weighted by atomic mass is 10.0. The van der Waals surface area contributed by atoms with Crippen LogP contribution in [0.1, 0.15) is 17.5 Å². The van der Waals surface area contributed by atoms with Gasteiger partial charge in [-0.1, -0.05) is 24.3 Å². The van der Waals surface area contributed by atoms with Crippen LogP contribution in [0.2, 0.25) is 0 Å². The second-order valence-electron chi connectivity index (χ2n) is 5.10. The fourth-order valence-electron chi connectivity index (χ4n) is 2.64. The summed E-state index contributed by atoms with van der Waals surface area (Å²) in [6, 6.07) is 11.1. The van der Waals surface area contributed by atoms with Gasteiger partial charge in [-0.25, -0.2) is 13.4 Å². The number of nitrogens with two attached hydrogens (primary N) is 1. The molecule has 6 heteroatoms. The molecular formula is C15H17N3O2S. The molecule has 3 rings (SSSR count). The number of sulfonamides is 1. The van der Waals surface area contributed by atoms with Crippen LogP contribution in [0.4, 0.5) is 5.82 Å². The first-order chi connectivity index (χ1) is 10.1. The van der Waals surface area contributed by atoms with Crippen LogP contribution in [0.3, 0.4) is 0 Å². The monoisotopic (exact) mass is 303 g/mol. The summed E-state index contributed by atoms with van der Waals surface area (Å²) in [5.41, 5.74) is 8.00. The second-order valence-corrected chi connectivity index (χ2v) is 7.00. The number of nitrogens with zero attached hydrogens (tertiary/aromatic N) is 2. The molecule has 0 saturated heterocycles. The Hall–Kier alpha value is -1.92. The molecule has 0 fully saturated rings. The summed E-state index contributed by atoms with van der Waals surface area (Å²) >= 11 is 0. The fourth-order valence-corrected chi connectivity index (χ4v) is 4.16. The van der Waals surface area contributed by atoms with Gasteiger partial charge in [0.15, 0.2) is 0 Å². The first kappa shape index (κ1) is 14.0. The van der Waals surface area contributed by atoms with Crippen molar-refractivity contribution in [3.63, 3.8) is 0 Å². The number of aromatic nitrogens is 1. The molecule has 1 aromatic carbocycles. The molecule has 21 heavy (non-hydrogen) atoms. The Kier molecular flexibility index (Phi) is 3.65. The van der Waals surface area contributed by atoms with Crippen molar-refractivity contribution in [3.05, 3.63) is 53.7 Å². The molecule has 2 N–H and O–H groups in total. The van der Waals surface area contributed by atoms with Crippen LogP contribution in [-0.4, -0.2) is 24.3 Å². The van der Waals surface area contributed by atoms with Gasteiger partial charge >= 0.3 is 0 Å². The molecule has 5 nitrogen and oxygen atoms in total. The van der Waals surface area contributed by atoms with E-state index in [0.29, 0.717) is 13.1 Å². The molecule has 1 aliphatic heterocycles. The van der Waals surface area contributed by atoms with Gasteiger partial charge in [-0.05, 0) is 36.1 Å². The van der Waals surface area contributed by atoms with Crippen LogP contribution in [0.15, 0.2) is 47.5 Å². The smallest absolute Gasteiger partial charge is 0.247 e. The number of aryl methyl sites for hydroxylation is 1. The van der Waals surface area contributed by atoms with E-state index in [1.807, 2.05) is 18.2 Å². The van der Waals surface area contributed by atoms with E-state index in [0.717, 1.165) is 18.4 Å². The molecule has 2 aromatic rings. The standard InChI is InChI=1S/C15H17N3O2S/c16-15-14(8-3-9-17-15)21(19,20)18-10-4-7-12-5-1-2-6-13(12)11-18/h1-3,5-6,8-9H,4,7,10-11H2,(H2,16,17). The van der Waals surface area contributed by atoms with Gasteiger partial charge in [-0.3, -0.25) is 0 Å². The minimum absolute atomic E-state index is 0.0510. The Balaban J connectivity index is 1.99. The SMILES string of the molecule is Nc1ncccc1S(=O)(=O)N1CCCc2ccccc2C1. The number of hydrogen-bond donors (Lipinski definition) is 1. The highest BCUT2D eigenvalue weighted by Crippen LogP contribution is 2.26. The number of anilines is 1. The Bertz CT molecular complexity index is 759. The van der Waals surface area contributed by atoms with Gasteiger partial charge in [0.2, 0.25) is 10.0 Å². The lowest BCUT2D eigenvalue weighted by Gasteiger charge is -2.21. The first-order valence-electron chi connectivity index (χ1n) is 6.86. The van der Waals surface area contributed by atoms with Crippen LogP contribution < -0.4 is 5.73 Å². The number of hydrogen-bond acceptors (Lipinski definition) is 4. The molecule has 2 heterocycles. The molecular weight excluding hydrogens is 286 g/mol. The van der Waals surface area contributed by atoms with Crippen molar-refractivity contribution in [2.24, 2.45) is 0 Å². The maximum Gasteiger partial charge on any atom is 0.247 e. The summed E-state index contributed by atoms with van der Waals surface area (Å²) in [5.74, 6) is 0.0510. The van der Waals surface area contributed by atoms with Crippen LogP contribution in [0.5, 0.6) is 0 Å². The highest BCUT2D eigenvalue weighted by atomic mass is 32.2. The number of rotatable bonds is 2. The van der Waals surface area contributed by atoms with Crippen molar-refractivity contribution >= 4 is 15.8 Å². The Labute approximate surface area is 124 Å². The average molecular weight is 303 g/mol. The quantitative estimate of drug-likeness (QED) is 0.918. The van der Waals surface area contributed by atoms with E-state index < -0.39 is 10.0 Å². The van der Waals surface area contributed by atoms with Gasteiger partial charge < -0.3 is 5.73 Å². The van der Waals surface area contributed by atoms with Crippen molar-refractivity contribution in [1.82, 2.24) is 9.29 Å². The third-order valence-electron chi connectivity index (χ3n) is 3.74. The molecule has 0 spiro atoms. The highest BCUT2D eigenvalue weighted by molar-refractivity contribution is 7.89. The molecule has 0 unspecified atom stereocenters. The van der Waals surface area contributed by atoms with Crippen LogP contribution in [-0.2, 0) is 23.0 Å². The second kappa shape index (κ2) is 5.46. The fraction of sp³-hybridized carbons (Fsp3) is 0.267. The van der Waals surface area contributed by atoms with E-state index in [1.54, 1.807) is 6.07 Å². The summed E-state index contributed by atoms with van der Waals surface area (Å²) in [6.45, 7) is 0.873. The zero-order valence-corrected chi connectivity index (χ0v) is 12.4. The van der Waals surface area contributed by atoms with Crippen molar-refractivity contribution in [2.75, 3.05) is 12.3 Å². The van der Waals surface area contributed by atoms with Gasteiger partial charge in [0.1, 0.15) is 10.7 Å². The molecule has 1 aliphatic rings. The normalized spacial score (nSPS) is 16.2. The molecule has 0 aliphatic carbocycles. The van der Waals surface area contributed by atoms with Gasteiger partial charge in [-0.2, -0.15) is 4.31 Å². The van der Waals surface area contributed by atoms with Crippen molar-refractivity contribution < 1.29 is 8.42 Å². The minimum atomic E-state index is -3.61. The summed E-state index contributed by atoms with van der Waals surface area (Å²) in [6.07, 6.45) is 3.19. The van der Waals surface area contributed by atoms with Gasteiger partial charge in [0.25, 0.3) is 0 Å². The summed E-state index contributed by atoms with van der Waals surface area (Å²) in [7, 11) is -3.61. The zero-order chi connectivity index (χ0) is 14.9. The lowest BCUT2D eigenvalue weighted by molar-refractivity contribution is 0.410. The van der Waals surface area contributed by atoms with Gasteiger partial charge in [0, 0.05) is 19.3 Å². The number of pyridine rings is 1. The van der Waals surface area contributed by atoms with Crippen molar-refractivity contribution in [3.8, 4) is 0 Å². The third-order valence-corrected chi connectivity index (χ3v) is 5.63. The number of benzene rings is 1. The molecule has 0 amide bonds. The summed E-state index contributed by atoms with van der Waals surface area (Å²) in [5, 5.41) is 0. The molecule has 1 aromatic heterocycles. The lowest BCUT2D eigenvalue weighted by Crippen LogP contribution is -2.31. The van der Waals surface area contributed by atoms with Crippen molar-refractivity contribution in [1.29, 1.82) is 0 Å². The highest BCUT2D eigenvalue weighted by Gasteiger charge is 2.28. The topological polar surface area (TPSA) is 76.3 Å². The minimum Gasteiger partial charge on any atom is -0.383 e. The largest absolute Gasteiger partial charge is 0.383 e. The van der Waals surface area contributed by atoms with Crippen LogP contribution in [0, 0.1) is 0 Å². The molecule has 110 valence electrons. The third kappa shape index (κ3) is 2.64. The van der Waals surface area contributed by atoms with E-state index in [1.165, 1.54) is 22.1 Å². The summed E-state index contributed by atoms with van der Waals surface area (Å²) < 4.78 is 27.0. The van der Waals surface area contributed by atoms with E-state index in [9.17, 15) is 8.42 Å². The van der Waals surface area contributed by atoms with Crippen molar-refractivity contribution in [2.45, 2.75) is 24.3 Å². The average Bonchev–Trinajstić information content (AvgIpc) is 2.70. The van der Waals surface area contributed by atoms with Gasteiger partial charge in [-0.15, -0.1) is 0 Å². The maximum atomic E-state index is 12.8. The van der Waals surface area contributed by atoms with E-state index in [-0.39, 0.29) is 10.7 Å². The first-order valence-corrected chi connectivity index (χ1v) is 8.30. The van der Waals surface area contributed by atoms with E-state index in [4.69, 9.17) is 5.73 Å². The molecule has 0 radical (unpaired) electrons. The Morgan fingerprint density at radius 3 is 2.62 bits per heavy atom. The van der Waals surface area contributed by atoms with E-state index >= 15 is 0 Å².